The van der Waals surface area contributed by atoms with Gasteiger partial charge >= 0.3 is 0 Å². The maximum Gasteiger partial charge on any atom is 0.255 e. The molecule has 0 atom stereocenters. The number of fused-ring (bicyclic) bond motifs is 1. The second-order valence-corrected chi connectivity index (χ2v) is 9.14. The molecular formula is C28H31N5O2. The number of para-hydroxylation sites is 1. The van der Waals surface area contributed by atoms with E-state index >= 15 is 0 Å². The summed E-state index contributed by atoms with van der Waals surface area (Å²) in [4.78, 5) is 28.0. The van der Waals surface area contributed by atoms with Crippen molar-refractivity contribution < 1.29 is 9.59 Å². The van der Waals surface area contributed by atoms with Gasteiger partial charge in [-0.2, -0.15) is 0 Å². The van der Waals surface area contributed by atoms with E-state index in [1.54, 1.807) is 6.07 Å². The Labute approximate surface area is 205 Å². The van der Waals surface area contributed by atoms with Crippen molar-refractivity contribution in [3.8, 4) is 0 Å². The number of nitrogens with one attached hydrogen (secondary N) is 4. The Balaban J connectivity index is 1.26. The van der Waals surface area contributed by atoms with Crippen LogP contribution in [-0.2, 0) is 6.54 Å². The van der Waals surface area contributed by atoms with Crippen LogP contribution in [0.2, 0.25) is 0 Å². The van der Waals surface area contributed by atoms with Gasteiger partial charge in [0, 0.05) is 47.8 Å². The van der Waals surface area contributed by atoms with Crippen molar-refractivity contribution in [2.45, 2.75) is 26.3 Å². The summed E-state index contributed by atoms with van der Waals surface area (Å²) < 4.78 is 0. The van der Waals surface area contributed by atoms with Gasteiger partial charge in [-0.1, -0.05) is 18.2 Å². The van der Waals surface area contributed by atoms with E-state index in [0.29, 0.717) is 23.4 Å². The molecule has 0 radical (unpaired) electrons. The van der Waals surface area contributed by atoms with E-state index in [9.17, 15) is 9.59 Å². The first kappa shape index (κ1) is 22.9. The van der Waals surface area contributed by atoms with Gasteiger partial charge in [0.15, 0.2) is 0 Å². The van der Waals surface area contributed by atoms with Crippen molar-refractivity contribution in [2.24, 2.45) is 0 Å². The van der Waals surface area contributed by atoms with Crippen LogP contribution < -0.4 is 21.3 Å². The van der Waals surface area contributed by atoms with Crippen LogP contribution in [0.1, 0.15) is 44.7 Å². The second-order valence-electron chi connectivity index (χ2n) is 9.14. The van der Waals surface area contributed by atoms with Crippen molar-refractivity contribution >= 4 is 34.6 Å². The lowest BCUT2D eigenvalue weighted by molar-refractivity contribution is 0.0966. The number of likely N-dealkylation sites (tertiary alicyclic amines) is 1. The molecule has 0 saturated carbocycles. The minimum Gasteiger partial charge on any atom is -0.384 e. The van der Waals surface area contributed by atoms with Crippen LogP contribution in [0.3, 0.4) is 0 Å². The minimum absolute atomic E-state index is 0.179. The third-order valence-electron chi connectivity index (χ3n) is 6.73. The Morgan fingerprint density at radius 3 is 2.46 bits per heavy atom. The first-order chi connectivity index (χ1) is 17.1. The zero-order valence-electron chi connectivity index (χ0n) is 20.0. The van der Waals surface area contributed by atoms with Gasteiger partial charge in [0.05, 0.1) is 11.3 Å². The molecule has 2 aliphatic rings. The number of hydrogen-bond donors (Lipinski definition) is 4. The van der Waals surface area contributed by atoms with Gasteiger partial charge in [-0.3, -0.25) is 9.59 Å². The molecule has 0 spiro atoms. The summed E-state index contributed by atoms with van der Waals surface area (Å²) in [6.07, 6.45) is 2.58. The van der Waals surface area contributed by atoms with E-state index in [1.807, 2.05) is 61.5 Å². The summed E-state index contributed by atoms with van der Waals surface area (Å²) in [6, 6.07) is 19.2. The molecule has 0 aromatic heterocycles. The third-order valence-corrected chi connectivity index (χ3v) is 6.73. The Kier molecular flexibility index (Phi) is 6.68. The molecule has 3 aromatic rings. The summed E-state index contributed by atoms with van der Waals surface area (Å²) in [7, 11) is 0. The molecule has 35 heavy (non-hydrogen) atoms. The van der Waals surface area contributed by atoms with Gasteiger partial charge in [0.2, 0.25) is 0 Å². The Morgan fingerprint density at radius 2 is 1.69 bits per heavy atom. The molecular weight excluding hydrogens is 438 g/mol. The molecule has 0 bridgehead atoms. The van der Waals surface area contributed by atoms with Gasteiger partial charge in [0.1, 0.15) is 0 Å². The van der Waals surface area contributed by atoms with Crippen molar-refractivity contribution in [1.82, 2.24) is 10.2 Å². The molecule has 0 aliphatic carbocycles. The van der Waals surface area contributed by atoms with E-state index in [1.165, 1.54) is 25.9 Å². The third kappa shape index (κ3) is 5.15. The summed E-state index contributed by atoms with van der Waals surface area (Å²) >= 11 is 0. The molecule has 7 heteroatoms. The summed E-state index contributed by atoms with van der Waals surface area (Å²) in [5, 5.41) is 12.7. The molecule has 1 saturated heterocycles. The number of hydrogen-bond acceptors (Lipinski definition) is 5. The van der Waals surface area contributed by atoms with Gasteiger partial charge in [0.25, 0.3) is 11.8 Å². The van der Waals surface area contributed by atoms with E-state index in [0.717, 1.165) is 41.3 Å². The lowest BCUT2D eigenvalue weighted by Gasteiger charge is -2.16. The lowest BCUT2D eigenvalue weighted by atomic mass is 10.0. The number of rotatable bonds is 8. The highest BCUT2D eigenvalue weighted by molar-refractivity contribution is 6.11. The number of carbonyl (C=O) groups excluding carboxylic acids is 2. The average molecular weight is 470 g/mol. The first-order valence-corrected chi connectivity index (χ1v) is 12.2. The summed E-state index contributed by atoms with van der Waals surface area (Å²) in [5.74, 6) is -0.420. The van der Waals surface area contributed by atoms with Crippen molar-refractivity contribution in [3.63, 3.8) is 0 Å². The van der Waals surface area contributed by atoms with Crippen LogP contribution in [-0.4, -0.2) is 42.9 Å². The fourth-order valence-corrected chi connectivity index (χ4v) is 4.73. The first-order valence-electron chi connectivity index (χ1n) is 12.2. The molecule has 7 nitrogen and oxygen atoms in total. The van der Waals surface area contributed by atoms with Crippen molar-refractivity contribution in [3.05, 3.63) is 82.9 Å². The highest BCUT2D eigenvalue weighted by atomic mass is 16.2. The topological polar surface area (TPSA) is 85.5 Å². The normalized spacial score (nSPS) is 14.9. The van der Waals surface area contributed by atoms with Gasteiger partial charge in [-0.05, 0) is 80.9 Å². The van der Waals surface area contributed by atoms with Crippen LogP contribution in [0, 0.1) is 6.92 Å². The average Bonchev–Trinajstić information content (AvgIpc) is 3.53. The molecule has 0 unspecified atom stereocenters. The monoisotopic (exact) mass is 469 g/mol. The summed E-state index contributed by atoms with van der Waals surface area (Å²) in [6.45, 7) is 6.75. The molecule has 1 fully saturated rings. The van der Waals surface area contributed by atoms with Crippen LogP contribution >= 0.6 is 0 Å². The second kappa shape index (κ2) is 10.2. The van der Waals surface area contributed by atoms with Crippen LogP contribution in [0.15, 0.2) is 60.7 Å². The van der Waals surface area contributed by atoms with E-state index in [2.05, 4.69) is 26.2 Å². The number of benzene rings is 3. The molecule has 3 aromatic carbocycles. The van der Waals surface area contributed by atoms with Crippen LogP contribution in [0.25, 0.3) is 0 Å². The van der Waals surface area contributed by atoms with Gasteiger partial charge in [-0.15, -0.1) is 0 Å². The highest BCUT2D eigenvalue weighted by Gasteiger charge is 2.26. The maximum absolute atomic E-state index is 13.0. The maximum atomic E-state index is 13.0. The predicted octanol–water partition coefficient (Wildman–Crippen LogP) is 4.74. The minimum atomic E-state index is -0.241. The largest absolute Gasteiger partial charge is 0.384 e. The number of amides is 2. The van der Waals surface area contributed by atoms with Crippen molar-refractivity contribution in [1.29, 1.82) is 0 Å². The van der Waals surface area contributed by atoms with Crippen LogP contribution in [0.5, 0.6) is 0 Å². The zero-order chi connectivity index (χ0) is 24.2. The van der Waals surface area contributed by atoms with E-state index in [-0.39, 0.29) is 11.8 Å². The number of carbonyl (C=O) groups is 2. The number of nitrogens with zero attached hydrogens (tertiary/aromatic N) is 1. The molecule has 180 valence electrons. The van der Waals surface area contributed by atoms with Crippen molar-refractivity contribution in [2.75, 3.05) is 42.1 Å². The summed E-state index contributed by atoms with van der Waals surface area (Å²) in [5.41, 5.74) is 6.38. The Hall–Kier alpha value is -3.84. The Bertz CT molecular complexity index is 1230. The zero-order valence-corrected chi connectivity index (χ0v) is 20.0. The van der Waals surface area contributed by atoms with Gasteiger partial charge in [-0.25, -0.2) is 0 Å². The lowest BCUT2D eigenvalue weighted by Crippen LogP contribution is -2.25. The molecule has 5 rings (SSSR count). The Morgan fingerprint density at radius 1 is 0.943 bits per heavy atom. The van der Waals surface area contributed by atoms with Crippen LogP contribution in [0.4, 0.5) is 22.7 Å². The highest BCUT2D eigenvalue weighted by Crippen LogP contribution is 2.33. The molecule has 2 amide bonds. The fourth-order valence-electron chi connectivity index (χ4n) is 4.73. The number of anilines is 4. The molecule has 2 aliphatic heterocycles. The predicted molar refractivity (Wildman–Crippen MR) is 141 cm³/mol. The SMILES string of the molecule is Cc1ccccc1Nc1ccc(NC(=O)c2ccc(NCCN3CCCC3)cc2)c2c1CNC2=O. The number of aryl methyl sites for hydroxylation is 1. The quantitative estimate of drug-likeness (QED) is 0.383. The van der Waals surface area contributed by atoms with E-state index < -0.39 is 0 Å². The van der Waals surface area contributed by atoms with E-state index in [4.69, 9.17) is 0 Å². The smallest absolute Gasteiger partial charge is 0.255 e. The van der Waals surface area contributed by atoms with Gasteiger partial charge < -0.3 is 26.2 Å². The fraction of sp³-hybridized carbons (Fsp3) is 0.286. The standard InChI is InChI=1S/C28H31N5O2/c1-19-6-2-3-7-23(19)31-24-12-13-25(26-22(24)18-30-28(26)35)32-27(34)20-8-10-21(11-9-20)29-14-17-33-15-4-5-16-33/h2-3,6-13,29,31H,4-5,14-18H2,1H3,(H,30,35)(H,32,34). The molecule has 2 heterocycles. The molecule has 4 N–H and O–H groups in total.